The monoisotopic (exact) mass is 272 g/mol. The molecule has 1 fully saturated rings. The largest absolute Gasteiger partial charge is 0.334 e. The number of fused-ring (bicyclic) bond motifs is 1. The zero-order chi connectivity index (χ0) is 14.1. The molecule has 1 amide bonds. The molecule has 0 bridgehead atoms. The number of amides is 1. The second-order valence-corrected chi connectivity index (χ2v) is 5.36. The number of rotatable bonds is 5. The van der Waals surface area contributed by atoms with E-state index in [4.69, 9.17) is 5.73 Å². The molecule has 3 rings (SSSR count). The van der Waals surface area contributed by atoms with Gasteiger partial charge in [-0.25, -0.2) is 0 Å². The highest BCUT2D eigenvalue weighted by Crippen LogP contribution is 2.29. The maximum absolute atomic E-state index is 12.8. The fraction of sp³-hybridized carbons (Fsp3) is 0.467. The Hall–Kier alpha value is -1.88. The summed E-state index contributed by atoms with van der Waals surface area (Å²) in [5, 5.41) is 5.35. The summed E-state index contributed by atoms with van der Waals surface area (Å²) < 4.78 is 1.77. The number of aromatic nitrogens is 2. The van der Waals surface area contributed by atoms with Gasteiger partial charge < -0.3 is 10.6 Å². The van der Waals surface area contributed by atoms with E-state index in [0.29, 0.717) is 18.3 Å². The second kappa shape index (κ2) is 5.25. The number of nitrogens with two attached hydrogens (primary N) is 1. The maximum atomic E-state index is 12.8. The van der Waals surface area contributed by atoms with Gasteiger partial charge in [0.15, 0.2) is 5.69 Å². The molecule has 106 valence electrons. The van der Waals surface area contributed by atoms with Crippen molar-refractivity contribution in [1.29, 1.82) is 0 Å². The Morgan fingerprint density at radius 1 is 1.45 bits per heavy atom. The first-order chi connectivity index (χ1) is 9.72. The van der Waals surface area contributed by atoms with Crippen LogP contribution in [0, 0.1) is 0 Å². The van der Waals surface area contributed by atoms with Crippen LogP contribution < -0.4 is 5.73 Å². The minimum atomic E-state index is 0.0396. The number of nitrogens with zero attached hydrogens (tertiary/aromatic N) is 3. The molecule has 2 N–H and O–H groups in total. The molecule has 5 nitrogen and oxygen atoms in total. The molecule has 0 spiro atoms. The number of aryl methyl sites for hydroxylation is 1. The summed E-state index contributed by atoms with van der Waals surface area (Å²) in [6.45, 7) is 1.34. The third-order valence-electron chi connectivity index (χ3n) is 3.81. The van der Waals surface area contributed by atoms with Gasteiger partial charge in [0.25, 0.3) is 5.91 Å². The van der Waals surface area contributed by atoms with Crippen LogP contribution in [0.1, 0.15) is 29.8 Å². The van der Waals surface area contributed by atoms with Crippen molar-refractivity contribution in [3.05, 3.63) is 30.0 Å². The Kier molecular flexibility index (Phi) is 3.44. The Labute approximate surface area is 118 Å². The number of benzene rings is 1. The summed E-state index contributed by atoms with van der Waals surface area (Å²) in [6, 6.07) is 8.24. The van der Waals surface area contributed by atoms with Crippen LogP contribution in [0.3, 0.4) is 0 Å². The molecule has 0 aliphatic heterocycles. The lowest BCUT2D eigenvalue weighted by Crippen LogP contribution is -2.35. The van der Waals surface area contributed by atoms with Crippen LogP contribution in [-0.4, -0.2) is 39.7 Å². The molecular weight excluding hydrogens is 252 g/mol. The van der Waals surface area contributed by atoms with Gasteiger partial charge in [0.1, 0.15) is 0 Å². The average Bonchev–Trinajstić information content (AvgIpc) is 3.24. The van der Waals surface area contributed by atoms with Gasteiger partial charge in [-0.05, 0) is 31.9 Å². The molecule has 0 atom stereocenters. The quantitative estimate of drug-likeness (QED) is 0.897. The highest BCUT2D eigenvalue weighted by atomic mass is 16.2. The molecule has 1 heterocycles. The summed E-state index contributed by atoms with van der Waals surface area (Å²) in [7, 11) is 1.88. The second-order valence-electron chi connectivity index (χ2n) is 5.36. The third-order valence-corrected chi connectivity index (χ3v) is 3.81. The van der Waals surface area contributed by atoms with E-state index in [1.54, 1.807) is 4.68 Å². The predicted octanol–water partition coefficient (Wildman–Crippen LogP) is 1.53. The summed E-state index contributed by atoms with van der Waals surface area (Å²) in [5.41, 5.74) is 7.13. The molecule has 1 aliphatic carbocycles. The van der Waals surface area contributed by atoms with Crippen molar-refractivity contribution in [3.63, 3.8) is 0 Å². The van der Waals surface area contributed by atoms with E-state index < -0.39 is 0 Å². The third kappa shape index (κ3) is 2.29. The molecule has 2 aromatic rings. The van der Waals surface area contributed by atoms with Crippen molar-refractivity contribution in [2.45, 2.75) is 25.3 Å². The topological polar surface area (TPSA) is 64.2 Å². The lowest BCUT2D eigenvalue weighted by atomic mass is 10.2. The van der Waals surface area contributed by atoms with E-state index in [0.717, 1.165) is 36.7 Å². The smallest absolute Gasteiger partial charge is 0.275 e. The summed E-state index contributed by atoms with van der Waals surface area (Å²) >= 11 is 0. The fourth-order valence-corrected chi connectivity index (χ4v) is 2.61. The zero-order valence-corrected chi connectivity index (χ0v) is 11.7. The molecule has 1 aromatic carbocycles. The van der Waals surface area contributed by atoms with Crippen molar-refractivity contribution >= 4 is 16.8 Å². The van der Waals surface area contributed by atoms with Crippen molar-refractivity contribution in [3.8, 4) is 0 Å². The normalized spacial score (nSPS) is 14.7. The average molecular weight is 272 g/mol. The van der Waals surface area contributed by atoms with Gasteiger partial charge in [-0.15, -0.1) is 0 Å². The van der Waals surface area contributed by atoms with Crippen LogP contribution in [-0.2, 0) is 7.05 Å². The van der Waals surface area contributed by atoms with Gasteiger partial charge in [0, 0.05) is 25.0 Å². The van der Waals surface area contributed by atoms with Crippen molar-refractivity contribution in [2.75, 3.05) is 13.1 Å². The number of para-hydroxylation sites is 1. The lowest BCUT2D eigenvalue weighted by molar-refractivity contribution is 0.0737. The van der Waals surface area contributed by atoms with Gasteiger partial charge in [-0.2, -0.15) is 5.10 Å². The molecular formula is C15H20N4O. The molecule has 20 heavy (non-hydrogen) atoms. The van der Waals surface area contributed by atoms with Crippen LogP contribution in [0.5, 0.6) is 0 Å². The van der Waals surface area contributed by atoms with Crippen LogP contribution in [0.4, 0.5) is 0 Å². The maximum Gasteiger partial charge on any atom is 0.275 e. The summed E-state index contributed by atoms with van der Waals surface area (Å²) in [6.07, 6.45) is 3.04. The van der Waals surface area contributed by atoms with Gasteiger partial charge in [0.05, 0.1) is 5.52 Å². The van der Waals surface area contributed by atoms with Gasteiger partial charge >= 0.3 is 0 Å². The Balaban J connectivity index is 1.94. The molecule has 1 saturated carbocycles. The van der Waals surface area contributed by atoms with E-state index in [9.17, 15) is 4.79 Å². The van der Waals surface area contributed by atoms with E-state index >= 15 is 0 Å². The minimum Gasteiger partial charge on any atom is -0.334 e. The predicted molar refractivity (Wildman–Crippen MR) is 78.4 cm³/mol. The highest BCUT2D eigenvalue weighted by molar-refractivity contribution is 6.05. The number of carbonyl (C=O) groups is 1. The number of hydrogen-bond donors (Lipinski definition) is 1. The van der Waals surface area contributed by atoms with Gasteiger partial charge in [-0.3, -0.25) is 9.48 Å². The van der Waals surface area contributed by atoms with Crippen LogP contribution in [0.2, 0.25) is 0 Å². The molecule has 0 unspecified atom stereocenters. The van der Waals surface area contributed by atoms with Crippen molar-refractivity contribution < 1.29 is 4.79 Å². The van der Waals surface area contributed by atoms with Crippen molar-refractivity contribution in [2.24, 2.45) is 12.8 Å². The number of hydrogen-bond acceptors (Lipinski definition) is 3. The number of carbonyl (C=O) groups excluding carboxylic acids is 1. The van der Waals surface area contributed by atoms with E-state index in [1.165, 1.54) is 0 Å². The zero-order valence-electron chi connectivity index (χ0n) is 11.7. The van der Waals surface area contributed by atoms with E-state index in [-0.39, 0.29) is 5.91 Å². The first-order valence-corrected chi connectivity index (χ1v) is 7.15. The van der Waals surface area contributed by atoms with E-state index in [2.05, 4.69) is 5.10 Å². The molecule has 0 radical (unpaired) electrons. The lowest BCUT2D eigenvalue weighted by Gasteiger charge is -2.21. The highest BCUT2D eigenvalue weighted by Gasteiger charge is 2.34. The first-order valence-electron chi connectivity index (χ1n) is 7.15. The molecule has 5 heteroatoms. The fourth-order valence-electron chi connectivity index (χ4n) is 2.61. The molecule has 0 saturated heterocycles. The summed E-state index contributed by atoms with van der Waals surface area (Å²) in [4.78, 5) is 14.7. The van der Waals surface area contributed by atoms with E-state index in [1.807, 2.05) is 36.2 Å². The SMILES string of the molecule is Cn1nc(C(=O)N(CCCN)C2CC2)c2ccccc21. The Bertz CT molecular complexity index is 630. The van der Waals surface area contributed by atoms with Crippen molar-refractivity contribution in [1.82, 2.24) is 14.7 Å². The molecule has 1 aliphatic rings. The minimum absolute atomic E-state index is 0.0396. The van der Waals surface area contributed by atoms with Crippen LogP contribution >= 0.6 is 0 Å². The van der Waals surface area contributed by atoms with Crippen LogP contribution in [0.15, 0.2) is 24.3 Å². The van der Waals surface area contributed by atoms with Gasteiger partial charge in [0.2, 0.25) is 0 Å². The van der Waals surface area contributed by atoms with Gasteiger partial charge in [-0.1, -0.05) is 18.2 Å². The first kappa shape index (κ1) is 13.1. The Morgan fingerprint density at radius 3 is 2.90 bits per heavy atom. The summed E-state index contributed by atoms with van der Waals surface area (Å²) in [5.74, 6) is 0.0396. The molecule has 1 aromatic heterocycles. The van der Waals surface area contributed by atoms with Crippen LogP contribution in [0.25, 0.3) is 10.9 Å². The standard InChI is InChI=1S/C15H20N4O/c1-18-13-6-3-2-5-12(13)14(17-18)15(20)19(10-4-9-16)11-7-8-11/h2-3,5-6,11H,4,7-10,16H2,1H3. The Morgan fingerprint density at radius 2 is 2.20 bits per heavy atom.